The maximum atomic E-state index is 12.2. The molecule has 0 atom stereocenters. The second kappa shape index (κ2) is 9.78. The molecule has 1 fully saturated rings. The van der Waals surface area contributed by atoms with Crippen LogP contribution < -0.4 is 5.32 Å². The number of carbonyl (C=O) groups is 2. The minimum absolute atomic E-state index is 0.0117. The number of thioether (sulfide) groups is 1. The highest BCUT2D eigenvalue weighted by Gasteiger charge is 2.18. The first-order chi connectivity index (χ1) is 13.2. The number of likely N-dealkylation sites (tertiary alicyclic amines) is 1. The number of hydrogen-bond donors (Lipinski definition) is 1. The van der Waals surface area contributed by atoms with Crippen molar-refractivity contribution in [2.75, 3.05) is 25.4 Å². The summed E-state index contributed by atoms with van der Waals surface area (Å²) in [5.74, 6) is 0.155. The van der Waals surface area contributed by atoms with Crippen molar-refractivity contribution < 1.29 is 9.59 Å². The SMILES string of the molecule is CCCCCn1c(SCC(=O)NCC(=O)N2CCCC2)nc2ccccc21. The van der Waals surface area contributed by atoms with Gasteiger partial charge in [-0.1, -0.05) is 43.7 Å². The first-order valence-corrected chi connectivity index (χ1v) is 10.8. The van der Waals surface area contributed by atoms with Crippen LogP contribution in [0.4, 0.5) is 0 Å². The molecule has 0 unspecified atom stereocenters. The zero-order chi connectivity index (χ0) is 19.1. The van der Waals surface area contributed by atoms with Crippen LogP contribution in [-0.2, 0) is 16.1 Å². The number of carbonyl (C=O) groups excluding carboxylic acids is 2. The van der Waals surface area contributed by atoms with E-state index in [1.54, 1.807) is 0 Å². The molecule has 0 spiro atoms. The molecule has 0 saturated carbocycles. The van der Waals surface area contributed by atoms with E-state index in [-0.39, 0.29) is 24.1 Å². The number of rotatable bonds is 9. The van der Waals surface area contributed by atoms with Crippen molar-refractivity contribution in [2.24, 2.45) is 0 Å². The van der Waals surface area contributed by atoms with E-state index in [9.17, 15) is 9.59 Å². The van der Waals surface area contributed by atoms with Crippen LogP contribution in [0.3, 0.4) is 0 Å². The Morgan fingerprint density at radius 1 is 1.19 bits per heavy atom. The van der Waals surface area contributed by atoms with Crippen LogP contribution in [-0.4, -0.2) is 51.7 Å². The van der Waals surface area contributed by atoms with E-state index >= 15 is 0 Å². The fourth-order valence-electron chi connectivity index (χ4n) is 3.33. The molecule has 3 rings (SSSR count). The van der Waals surface area contributed by atoms with Gasteiger partial charge in [-0.15, -0.1) is 0 Å². The van der Waals surface area contributed by atoms with E-state index in [1.807, 2.05) is 23.1 Å². The molecule has 1 aromatic carbocycles. The van der Waals surface area contributed by atoms with E-state index < -0.39 is 0 Å². The predicted molar refractivity (Wildman–Crippen MR) is 109 cm³/mol. The summed E-state index contributed by atoms with van der Waals surface area (Å²) in [6, 6.07) is 8.08. The minimum atomic E-state index is -0.125. The van der Waals surface area contributed by atoms with Crippen LogP contribution in [0, 0.1) is 0 Å². The van der Waals surface area contributed by atoms with Crippen LogP contribution in [0.1, 0.15) is 39.0 Å². The maximum Gasteiger partial charge on any atom is 0.241 e. The Bertz CT molecular complexity index is 783. The maximum absolute atomic E-state index is 12.2. The number of amides is 2. The van der Waals surface area contributed by atoms with Crippen LogP contribution in [0.5, 0.6) is 0 Å². The molecule has 27 heavy (non-hydrogen) atoms. The summed E-state index contributed by atoms with van der Waals surface area (Å²) in [4.78, 5) is 30.7. The van der Waals surface area contributed by atoms with Gasteiger partial charge in [0.1, 0.15) is 0 Å². The number of aromatic nitrogens is 2. The summed E-state index contributed by atoms with van der Waals surface area (Å²) in [5, 5.41) is 3.62. The number of unbranched alkanes of at least 4 members (excludes halogenated alkanes) is 2. The van der Waals surface area contributed by atoms with Crippen molar-refractivity contribution in [3.8, 4) is 0 Å². The van der Waals surface area contributed by atoms with Crippen LogP contribution in [0.25, 0.3) is 11.0 Å². The average molecular weight is 389 g/mol. The van der Waals surface area contributed by atoms with E-state index in [0.29, 0.717) is 0 Å². The van der Waals surface area contributed by atoms with Crippen LogP contribution in [0.15, 0.2) is 29.4 Å². The van der Waals surface area contributed by atoms with E-state index in [0.717, 1.165) is 55.1 Å². The Kier molecular flexibility index (Phi) is 7.15. The summed E-state index contributed by atoms with van der Waals surface area (Å²) in [5.41, 5.74) is 2.07. The van der Waals surface area contributed by atoms with Crippen molar-refractivity contribution in [3.63, 3.8) is 0 Å². The number of hydrogen-bond acceptors (Lipinski definition) is 4. The molecule has 1 aromatic heterocycles. The number of nitrogens with one attached hydrogen (secondary N) is 1. The second-order valence-electron chi connectivity index (χ2n) is 6.90. The highest BCUT2D eigenvalue weighted by molar-refractivity contribution is 7.99. The summed E-state index contributed by atoms with van der Waals surface area (Å²) < 4.78 is 2.21. The Morgan fingerprint density at radius 2 is 1.96 bits per heavy atom. The lowest BCUT2D eigenvalue weighted by Crippen LogP contribution is -2.39. The Labute approximate surface area is 164 Å². The molecular formula is C20H28N4O2S. The lowest BCUT2D eigenvalue weighted by atomic mass is 10.2. The van der Waals surface area contributed by atoms with Crippen LogP contribution in [0.2, 0.25) is 0 Å². The monoisotopic (exact) mass is 388 g/mol. The number of aryl methyl sites for hydroxylation is 1. The predicted octanol–water partition coefficient (Wildman–Crippen LogP) is 3.06. The third-order valence-corrected chi connectivity index (χ3v) is 5.81. The topological polar surface area (TPSA) is 67.2 Å². The fourth-order valence-corrected chi connectivity index (χ4v) is 4.20. The zero-order valence-corrected chi connectivity index (χ0v) is 16.8. The molecule has 1 N–H and O–H groups in total. The van der Waals surface area contributed by atoms with Gasteiger partial charge in [-0.05, 0) is 31.4 Å². The summed E-state index contributed by atoms with van der Waals surface area (Å²) >= 11 is 1.44. The van der Waals surface area contributed by atoms with Crippen LogP contribution >= 0.6 is 11.8 Å². The van der Waals surface area contributed by atoms with Gasteiger partial charge in [-0.25, -0.2) is 4.98 Å². The smallest absolute Gasteiger partial charge is 0.241 e. The molecule has 2 aromatic rings. The van der Waals surface area contributed by atoms with Gasteiger partial charge >= 0.3 is 0 Å². The number of nitrogens with zero attached hydrogens (tertiary/aromatic N) is 3. The molecule has 1 aliphatic heterocycles. The molecule has 2 amide bonds. The molecule has 0 bridgehead atoms. The van der Waals surface area contributed by atoms with Gasteiger partial charge in [-0.2, -0.15) is 0 Å². The molecular weight excluding hydrogens is 360 g/mol. The molecule has 0 radical (unpaired) electrons. The van der Waals surface area contributed by atoms with Crippen molar-refractivity contribution in [3.05, 3.63) is 24.3 Å². The quantitative estimate of drug-likeness (QED) is 0.530. The first kappa shape index (κ1) is 19.7. The highest BCUT2D eigenvalue weighted by atomic mass is 32.2. The largest absolute Gasteiger partial charge is 0.346 e. The molecule has 2 heterocycles. The molecule has 6 nitrogen and oxygen atoms in total. The number of para-hydroxylation sites is 2. The average Bonchev–Trinajstić information content (AvgIpc) is 3.33. The second-order valence-corrected chi connectivity index (χ2v) is 7.84. The molecule has 7 heteroatoms. The van der Waals surface area contributed by atoms with E-state index in [1.165, 1.54) is 24.6 Å². The normalized spacial score (nSPS) is 14.0. The van der Waals surface area contributed by atoms with Crippen molar-refractivity contribution >= 4 is 34.6 Å². The summed E-state index contributed by atoms with van der Waals surface area (Å²) in [6.07, 6.45) is 5.56. The van der Waals surface area contributed by atoms with Gasteiger partial charge in [0.15, 0.2) is 5.16 Å². The zero-order valence-electron chi connectivity index (χ0n) is 15.9. The standard InChI is InChI=1S/C20H28N4O2S/c1-2-3-6-13-24-17-10-5-4-9-16(17)22-20(24)27-15-18(25)21-14-19(26)23-11-7-8-12-23/h4-5,9-10H,2-3,6-8,11-15H2,1H3,(H,21,25). The van der Waals surface area contributed by atoms with Crippen molar-refractivity contribution in [1.29, 1.82) is 0 Å². The van der Waals surface area contributed by atoms with Gasteiger partial charge in [0.2, 0.25) is 11.8 Å². The molecule has 1 saturated heterocycles. The van der Waals surface area contributed by atoms with Gasteiger partial charge in [0.25, 0.3) is 0 Å². The number of imidazole rings is 1. The van der Waals surface area contributed by atoms with E-state index in [2.05, 4.69) is 22.9 Å². The minimum Gasteiger partial charge on any atom is -0.346 e. The van der Waals surface area contributed by atoms with Crippen molar-refractivity contribution in [2.45, 2.75) is 50.7 Å². The fraction of sp³-hybridized carbons (Fsp3) is 0.550. The lowest BCUT2D eigenvalue weighted by molar-refractivity contribution is -0.131. The van der Waals surface area contributed by atoms with Gasteiger partial charge in [0, 0.05) is 19.6 Å². The Morgan fingerprint density at radius 3 is 2.74 bits per heavy atom. The molecule has 1 aliphatic rings. The first-order valence-electron chi connectivity index (χ1n) is 9.81. The summed E-state index contributed by atoms with van der Waals surface area (Å²) in [6.45, 7) is 4.81. The summed E-state index contributed by atoms with van der Waals surface area (Å²) in [7, 11) is 0. The van der Waals surface area contributed by atoms with Gasteiger partial charge in [0.05, 0.1) is 23.3 Å². The van der Waals surface area contributed by atoms with E-state index in [4.69, 9.17) is 4.98 Å². The van der Waals surface area contributed by atoms with Gasteiger partial charge in [-0.3, -0.25) is 9.59 Å². The number of benzene rings is 1. The molecule has 146 valence electrons. The third kappa shape index (κ3) is 5.25. The third-order valence-electron chi connectivity index (χ3n) is 4.83. The molecule has 0 aliphatic carbocycles. The lowest BCUT2D eigenvalue weighted by Gasteiger charge is -2.15. The Balaban J connectivity index is 1.56. The van der Waals surface area contributed by atoms with Gasteiger partial charge < -0.3 is 14.8 Å². The number of fused-ring (bicyclic) bond motifs is 1. The van der Waals surface area contributed by atoms with Crippen molar-refractivity contribution in [1.82, 2.24) is 19.8 Å². The Hall–Kier alpha value is -2.02. The highest BCUT2D eigenvalue weighted by Crippen LogP contribution is 2.24.